The molecule has 1 aromatic carbocycles. The van der Waals surface area contributed by atoms with Gasteiger partial charge in [-0.05, 0) is 25.3 Å². The fourth-order valence-electron chi connectivity index (χ4n) is 4.75. The van der Waals surface area contributed by atoms with E-state index in [2.05, 4.69) is 22.0 Å². The van der Waals surface area contributed by atoms with Crippen LogP contribution in [0, 0.1) is 12.8 Å². The van der Waals surface area contributed by atoms with Crippen molar-refractivity contribution < 1.29 is 14.4 Å². The lowest BCUT2D eigenvalue weighted by Crippen LogP contribution is -2.72. The Balaban J connectivity index is 1.53. The Morgan fingerprint density at radius 3 is 2.65 bits per heavy atom. The minimum absolute atomic E-state index is 0.00179. The van der Waals surface area contributed by atoms with E-state index in [0.717, 1.165) is 36.8 Å². The summed E-state index contributed by atoms with van der Waals surface area (Å²) in [4.78, 5) is 40.9. The smallest absolute Gasteiger partial charge is 0.327 e. The van der Waals surface area contributed by atoms with Gasteiger partial charge in [0.05, 0.1) is 29.4 Å². The van der Waals surface area contributed by atoms with Crippen LogP contribution in [0.1, 0.15) is 43.0 Å². The van der Waals surface area contributed by atoms with E-state index in [0.29, 0.717) is 0 Å². The number of hydrogen-bond donors (Lipinski definition) is 3. The number of imide groups is 1. The van der Waals surface area contributed by atoms with Gasteiger partial charge in [0.2, 0.25) is 11.8 Å². The number of hydrogen-bond acceptors (Lipinski definition) is 6. The molecule has 2 aliphatic heterocycles. The van der Waals surface area contributed by atoms with Crippen LogP contribution < -0.4 is 16.0 Å². The third-order valence-corrected chi connectivity index (χ3v) is 7.66. The van der Waals surface area contributed by atoms with Gasteiger partial charge in [0.15, 0.2) is 0 Å². The second-order valence-corrected chi connectivity index (χ2v) is 9.85. The van der Waals surface area contributed by atoms with Crippen LogP contribution in [0.15, 0.2) is 24.3 Å². The number of nitrogens with one attached hydrogen (secondary N) is 3. The number of amides is 4. The fourth-order valence-corrected chi connectivity index (χ4v) is 5.86. The van der Waals surface area contributed by atoms with E-state index in [4.69, 9.17) is 0 Å². The molecule has 2 heterocycles. The maximum atomic E-state index is 13.0. The van der Waals surface area contributed by atoms with Gasteiger partial charge < -0.3 is 10.2 Å². The van der Waals surface area contributed by atoms with Crippen LogP contribution in [0.5, 0.6) is 0 Å². The van der Waals surface area contributed by atoms with E-state index in [1.165, 1.54) is 23.7 Å². The molecule has 9 heteroatoms. The fraction of sp³-hybridized carbons (Fsp3) is 0.591. The molecule has 3 N–H and O–H groups in total. The van der Waals surface area contributed by atoms with Crippen molar-refractivity contribution in [2.75, 3.05) is 19.8 Å². The Kier molecular flexibility index (Phi) is 6.55. The summed E-state index contributed by atoms with van der Waals surface area (Å²) in [6.07, 6.45) is 3.73. The molecule has 4 amide bonds. The Hall–Kier alpha value is -2.10. The molecule has 8 nitrogen and oxygen atoms in total. The first-order valence-electron chi connectivity index (χ1n) is 10.9. The summed E-state index contributed by atoms with van der Waals surface area (Å²) >= 11 is 1.44. The van der Waals surface area contributed by atoms with Crippen molar-refractivity contribution in [3.63, 3.8) is 0 Å². The number of carbonyl (C=O) groups is 3. The molecule has 4 rings (SSSR count). The normalized spacial score (nSPS) is 29.3. The van der Waals surface area contributed by atoms with Crippen molar-refractivity contribution in [3.05, 3.63) is 35.4 Å². The lowest BCUT2D eigenvalue weighted by atomic mass is 9.95. The third kappa shape index (κ3) is 4.58. The topological polar surface area (TPSA) is 93.8 Å². The summed E-state index contributed by atoms with van der Waals surface area (Å²) in [6.45, 7) is 2.03. The molecule has 0 bridgehead atoms. The molecule has 0 aromatic heterocycles. The zero-order chi connectivity index (χ0) is 22.1. The summed E-state index contributed by atoms with van der Waals surface area (Å²) in [5.41, 5.74) is 2.17. The molecular weight excluding hydrogens is 414 g/mol. The standard InChI is InChI=1S/C22H31N5O3S/c1-13-7-6-8-14(11-13)18-24-19-17(21(29)27(3)22(30)26(19)2)20(25-18)31-12-16(28)23-15-9-4-5-10-15/h6-8,11,15,17-20,24-25H,4-5,9-10,12H2,1-3H3,(H,23,28). The van der Waals surface area contributed by atoms with Gasteiger partial charge in [-0.25, -0.2) is 4.79 Å². The number of aryl methyl sites for hydroxylation is 1. The first-order valence-corrected chi connectivity index (χ1v) is 11.9. The number of carbonyl (C=O) groups excluding carboxylic acids is 3. The van der Waals surface area contributed by atoms with Crippen LogP contribution in [-0.2, 0) is 9.59 Å². The van der Waals surface area contributed by atoms with Crippen LogP contribution in [0.25, 0.3) is 0 Å². The molecule has 3 aliphatic rings. The molecule has 31 heavy (non-hydrogen) atoms. The second kappa shape index (κ2) is 9.18. The van der Waals surface area contributed by atoms with Gasteiger partial charge in [-0.2, -0.15) is 0 Å². The molecule has 0 spiro atoms. The molecule has 4 unspecified atom stereocenters. The molecule has 168 valence electrons. The first-order chi connectivity index (χ1) is 14.8. The Morgan fingerprint density at radius 1 is 1.19 bits per heavy atom. The molecule has 1 saturated carbocycles. The van der Waals surface area contributed by atoms with E-state index >= 15 is 0 Å². The lowest BCUT2D eigenvalue weighted by molar-refractivity contribution is -0.140. The Labute approximate surface area is 187 Å². The van der Waals surface area contributed by atoms with Gasteiger partial charge in [0, 0.05) is 20.1 Å². The van der Waals surface area contributed by atoms with Gasteiger partial charge in [-0.15, -0.1) is 11.8 Å². The minimum Gasteiger partial charge on any atom is -0.353 e. The molecule has 3 fully saturated rings. The maximum absolute atomic E-state index is 13.0. The minimum atomic E-state index is -0.488. The van der Waals surface area contributed by atoms with E-state index in [-0.39, 0.29) is 41.2 Å². The van der Waals surface area contributed by atoms with Crippen molar-refractivity contribution in [2.45, 2.75) is 56.4 Å². The van der Waals surface area contributed by atoms with E-state index in [1.54, 1.807) is 11.9 Å². The molecule has 1 aromatic rings. The molecule has 1 aliphatic carbocycles. The monoisotopic (exact) mass is 445 g/mol. The van der Waals surface area contributed by atoms with Crippen LogP contribution >= 0.6 is 11.8 Å². The summed E-state index contributed by atoms with van der Waals surface area (Å²) < 4.78 is 0. The van der Waals surface area contributed by atoms with E-state index in [9.17, 15) is 14.4 Å². The van der Waals surface area contributed by atoms with Crippen molar-refractivity contribution >= 4 is 29.6 Å². The highest BCUT2D eigenvalue weighted by atomic mass is 32.2. The molecule has 0 radical (unpaired) electrons. The number of nitrogens with zero attached hydrogens (tertiary/aromatic N) is 2. The number of fused-ring (bicyclic) bond motifs is 1. The average Bonchev–Trinajstić information content (AvgIpc) is 3.27. The molecular formula is C22H31N5O3S. The molecule has 2 saturated heterocycles. The number of thioether (sulfide) groups is 1. The zero-order valence-corrected chi connectivity index (χ0v) is 19.1. The quantitative estimate of drug-likeness (QED) is 0.640. The maximum Gasteiger partial charge on any atom is 0.327 e. The lowest BCUT2D eigenvalue weighted by Gasteiger charge is -2.50. The predicted molar refractivity (Wildman–Crippen MR) is 120 cm³/mol. The van der Waals surface area contributed by atoms with Gasteiger partial charge in [0.25, 0.3) is 0 Å². The van der Waals surface area contributed by atoms with Gasteiger partial charge in [-0.3, -0.25) is 25.1 Å². The van der Waals surface area contributed by atoms with Crippen molar-refractivity contribution in [2.24, 2.45) is 5.92 Å². The van der Waals surface area contributed by atoms with Crippen LogP contribution in [0.3, 0.4) is 0 Å². The Bertz CT molecular complexity index is 859. The highest BCUT2D eigenvalue weighted by Crippen LogP contribution is 2.34. The predicted octanol–water partition coefficient (Wildman–Crippen LogP) is 1.77. The Morgan fingerprint density at radius 2 is 1.94 bits per heavy atom. The largest absolute Gasteiger partial charge is 0.353 e. The SMILES string of the molecule is Cc1cccc(C2NC(SCC(=O)NC3CCCC3)C3C(=O)N(C)C(=O)N(C)C3N2)c1. The zero-order valence-electron chi connectivity index (χ0n) is 18.3. The van der Waals surface area contributed by atoms with E-state index in [1.807, 2.05) is 25.1 Å². The van der Waals surface area contributed by atoms with Crippen molar-refractivity contribution in [1.82, 2.24) is 25.8 Å². The average molecular weight is 446 g/mol. The van der Waals surface area contributed by atoms with Crippen LogP contribution in [0.2, 0.25) is 0 Å². The molecule has 4 atom stereocenters. The summed E-state index contributed by atoms with van der Waals surface area (Å²) in [5.74, 6) is -0.448. The van der Waals surface area contributed by atoms with Crippen molar-refractivity contribution in [1.29, 1.82) is 0 Å². The van der Waals surface area contributed by atoms with Crippen molar-refractivity contribution in [3.8, 4) is 0 Å². The first kappa shape index (κ1) is 22.1. The number of benzene rings is 1. The van der Waals surface area contributed by atoms with Crippen LogP contribution in [0.4, 0.5) is 4.79 Å². The van der Waals surface area contributed by atoms with E-state index < -0.39 is 12.1 Å². The number of rotatable bonds is 5. The second-order valence-electron chi connectivity index (χ2n) is 8.72. The highest BCUT2D eigenvalue weighted by molar-refractivity contribution is 8.00. The highest BCUT2D eigenvalue weighted by Gasteiger charge is 2.51. The van der Waals surface area contributed by atoms with Gasteiger partial charge in [0.1, 0.15) is 0 Å². The number of urea groups is 1. The van der Waals surface area contributed by atoms with Gasteiger partial charge in [-0.1, -0.05) is 42.7 Å². The summed E-state index contributed by atoms with van der Waals surface area (Å²) in [5, 5.41) is 9.76. The van der Waals surface area contributed by atoms with Gasteiger partial charge >= 0.3 is 6.03 Å². The third-order valence-electron chi connectivity index (χ3n) is 6.45. The summed E-state index contributed by atoms with van der Waals surface area (Å²) in [6, 6.07) is 8.07. The van der Waals surface area contributed by atoms with Crippen LogP contribution in [-0.4, -0.2) is 65.1 Å². The summed E-state index contributed by atoms with van der Waals surface area (Å²) in [7, 11) is 3.22.